The van der Waals surface area contributed by atoms with Crippen molar-refractivity contribution in [3.63, 3.8) is 0 Å². The Bertz CT molecular complexity index is 3180. The van der Waals surface area contributed by atoms with E-state index in [1.54, 1.807) is 29.4 Å². The fourth-order valence-electron chi connectivity index (χ4n) is 8.28. The van der Waals surface area contributed by atoms with E-state index in [1.807, 2.05) is 69.3 Å². The van der Waals surface area contributed by atoms with Crippen LogP contribution < -0.4 is 4.90 Å². The van der Waals surface area contributed by atoms with Crippen LogP contribution in [0.25, 0.3) is 67.1 Å². The largest absolute Gasteiger partial charge is 0.454 e. The van der Waals surface area contributed by atoms with Crippen molar-refractivity contribution in [2.75, 3.05) is 4.90 Å². The number of hydrogen-bond acceptors (Lipinski definition) is 7. The molecule has 0 fully saturated rings. The molecule has 0 spiro atoms. The number of aromatic nitrogens is 4. The first-order valence-corrected chi connectivity index (χ1v) is 21.2. The number of aryl methyl sites for hydroxylation is 3. The van der Waals surface area contributed by atoms with E-state index in [0.29, 0.717) is 56.5 Å². The molecule has 322 valence electrons. The molecule has 0 atom stereocenters. The van der Waals surface area contributed by atoms with Gasteiger partial charge in [-0.2, -0.15) is 13.2 Å². The summed E-state index contributed by atoms with van der Waals surface area (Å²) in [7, 11) is 0. The first-order chi connectivity index (χ1) is 30.3. The van der Waals surface area contributed by atoms with Crippen LogP contribution >= 0.6 is 0 Å². The van der Waals surface area contributed by atoms with Gasteiger partial charge in [0.05, 0.1) is 22.6 Å². The Balaban J connectivity index is 1.20. The van der Waals surface area contributed by atoms with E-state index in [1.165, 1.54) is 17.5 Å². The Kier molecular flexibility index (Phi) is 10.3. The SMILES string of the molecule is Cc1cc(-c2nccc3cc(-c4ccc(C(C)(C)C)cc4)oc23)cc(N(c2cc(-c3nccc4cc(-c5ccc(C(C)(C)C)cc5)oc34)cc(C(F)(F)F)c2)c2c(C)ncnc2C)c1. The molecule has 0 radical (unpaired) electrons. The van der Waals surface area contributed by atoms with Crippen molar-refractivity contribution in [1.29, 1.82) is 0 Å². The van der Waals surface area contributed by atoms with Crippen LogP contribution in [0.3, 0.4) is 0 Å². The van der Waals surface area contributed by atoms with Crippen molar-refractivity contribution in [2.45, 2.75) is 79.3 Å². The Hall–Kier alpha value is -7.07. The number of benzene rings is 4. The van der Waals surface area contributed by atoms with E-state index >= 15 is 13.2 Å². The summed E-state index contributed by atoms with van der Waals surface area (Å²) in [5.41, 5.74) is 9.47. The average Bonchev–Trinajstić information content (AvgIpc) is 3.89. The number of hydrogen-bond donors (Lipinski definition) is 0. The molecule has 0 aliphatic heterocycles. The average molecular weight is 856 g/mol. The summed E-state index contributed by atoms with van der Waals surface area (Å²) in [6.45, 7) is 18.6. The molecule has 7 nitrogen and oxygen atoms in total. The molecule has 5 heterocycles. The molecule has 64 heavy (non-hydrogen) atoms. The molecule has 5 aromatic heterocycles. The van der Waals surface area contributed by atoms with E-state index in [4.69, 9.17) is 13.8 Å². The zero-order valence-electron chi connectivity index (χ0n) is 37.3. The van der Waals surface area contributed by atoms with Gasteiger partial charge in [0, 0.05) is 56.8 Å². The first kappa shape index (κ1) is 42.2. The second-order valence-electron chi connectivity index (χ2n) is 18.6. The number of pyridine rings is 2. The van der Waals surface area contributed by atoms with E-state index in [-0.39, 0.29) is 27.8 Å². The van der Waals surface area contributed by atoms with Crippen LogP contribution in [0.15, 0.2) is 137 Å². The van der Waals surface area contributed by atoms with Crippen LogP contribution in [0, 0.1) is 20.8 Å². The molecule has 0 aliphatic rings. The highest BCUT2D eigenvalue weighted by atomic mass is 19.4. The number of halogens is 3. The zero-order chi connectivity index (χ0) is 45.3. The van der Waals surface area contributed by atoms with Crippen LogP contribution in [0.1, 0.15) is 75.2 Å². The smallest absolute Gasteiger partial charge is 0.416 e. The van der Waals surface area contributed by atoms with Gasteiger partial charge in [-0.3, -0.25) is 9.97 Å². The van der Waals surface area contributed by atoms with E-state index in [9.17, 15) is 0 Å². The van der Waals surface area contributed by atoms with Crippen molar-refractivity contribution >= 4 is 39.0 Å². The van der Waals surface area contributed by atoms with Gasteiger partial charge >= 0.3 is 6.18 Å². The fourth-order valence-corrected chi connectivity index (χ4v) is 8.28. The van der Waals surface area contributed by atoms with Gasteiger partial charge in [0.1, 0.15) is 29.2 Å². The Labute approximate surface area is 370 Å². The number of furan rings is 2. The predicted octanol–water partition coefficient (Wildman–Crippen LogP) is 15.4. The summed E-state index contributed by atoms with van der Waals surface area (Å²) < 4.78 is 58.5. The Morgan fingerprint density at radius 3 is 1.38 bits per heavy atom. The minimum atomic E-state index is -4.70. The van der Waals surface area contributed by atoms with E-state index in [2.05, 4.69) is 92.9 Å². The summed E-state index contributed by atoms with van der Waals surface area (Å²) in [5, 5.41) is 1.59. The topological polar surface area (TPSA) is 81.1 Å². The molecule has 9 rings (SSSR count). The number of rotatable bonds is 7. The monoisotopic (exact) mass is 855 g/mol. The quantitative estimate of drug-likeness (QED) is 0.158. The van der Waals surface area contributed by atoms with Gasteiger partial charge in [-0.15, -0.1) is 0 Å². The van der Waals surface area contributed by atoms with E-state index < -0.39 is 11.7 Å². The van der Waals surface area contributed by atoms with Gasteiger partial charge in [-0.05, 0) is 109 Å². The van der Waals surface area contributed by atoms with Gasteiger partial charge < -0.3 is 13.7 Å². The molecule has 0 amide bonds. The molecule has 0 bridgehead atoms. The van der Waals surface area contributed by atoms with Gasteiger partial charge in [-0.1, -0.05) is 90.1 Å². The molecule has 10 heteroatoms. The summed E-state index contributed by atoms with van der Waals surface area (Å²) in [6, 6.07) is 34.0. The normalized spacial score (nSPS) is 12.4. The molecule has 0 unspecified atom stereocenters. The third-order valence-electron chi connectivity index (χ3n) is 11.7. The second kappa shape index (κ2) is 15.6. The lowest BCUT2D eigenvalue weighted by Gasteiger charge is -2.29. The zero-order valence-corrected chi connectivity index (χ0v) is 37.3. The van der Waals surface area contributed by atoms with Gasteiger partial charge in [-0.25, -0.2) is 9.97 Å². The van der Waals surface area contributed by atoms with E-state index in [0.717, 1.165) is 39.8 Å². The third kappa shape index (κ3) is 8.04. The highest BCUT2D eigenvalue weighted by molar-refractivity contribution is 5.96. The van der Waals surface area contributed by atoms with Crippen molar-refractivity contribution in [3.05, 3.63) is 162 Å². The molecule has 4 aromatic carbocycles. The molecule has 9 aromatic rings. The summed E-state index contributed by atoms with van der Waals surface area (Å²) in [5.74, 6) is 1.29. The maximum Gasteiger partial charge on any atom is 0.416 e. The molecular weight excluding hydrogens is 808 g/mol. The van der Waals surface area contributed by atoms with Crippen LogP contribution in [-0.2, 0) is 17.0 Å². The molecule has 0 aliphatic carbocycles. The van der Waals surface area contributed by atoms with Crippen LogP contribution in [0.5, 0.6) is 0 Å². The van der Waals surface area contributed by atoms with Crippen molar-refractivity contribution in [1.82, 2.24) is 19.9 Å². The van der Waals surface area contributed by atoms with Gasteiger partial charge in [0.15, 0.2) is 11.2 Å². The van der Waals surface area contributed by atoms with Crippen molar-refractivity contribution < 1.29 is 22.0 Å². The van der Waals surface area contributed by atoms with Crippen LogP contribution in [-0.4, -0.2) is 19.9 Å². The second-order valence-corrected chi connectivity index (χ2v) is 18.6. The van der Waals surface area contributed by atoms with Crippen molar-refractivity contribution in [3.8, 4) is 45.2 Å². The summed E-state index contributed by atoms with van der Waals surface area (Å²) in [4.78, 5) is 20.3. The minimum Gasteiger partial charge on any atom is -0.454 e. The summed E-state index contributed by atoms with van der Waals surface area (Å²) in [6.07, 6.45) is 0.0911. The number of nitrogens with zero attached hydrogens (tertiary/aromatic N) is 5. The minimum absolute atomic E-state index is 0.00695. The highest BCUT2D eigenvalue weighted by Crippen LogP contribution is 2.45. The Morgan fingerprint density at radius 2 is 0.922 bits per heavy atom. The standard InChI is InChI=1S/C54H48F3N5O2/c1-31-22-38(47-50-36(18-20-58-47)27-45(63-50)34-10-14-40(15-11-34)52(4,5)6)25-43(23-31)62(49-32(2)60-30-61-33(49)3)44-26-39(24-42(29-44)54(55,56)57)48-51-37(19-21-59-48)28-46(64-51)35-12-16-41(17-13-35)53(7,8)9/h10-30H,1-9H3. The number of fused-ring (bicyclic) bond motifs is 2. The molecule has 0 saturated carbocycles. The van der Waals surface area contributed by atoms with Crippen LogP contribution in [0.2, 0.25) is 0 Å². The van der Waals surface area contributed by atoms with Crippen molar-refractivity contribution in [2.24, 2.45) is 0 Å². The lowest BCUT2D eigenvalue weighted by molar-refractivity contribution is -0.137. The highest BCUT2D eigenvalue weighted by Gasteiger charge is 2.33. The predicted molar refractivity (Wildman–Crippen MR) is 250 cm³/mol. The third-order valence-corrected chi connectivity index (χ3v) is 11.7. The van der Waals surface area contributed by atoms with Crippen LogP contribution in [0.4, 0.5) is 30.2 Å². The van der Waals surface area contributed by atoms with Gasteiger partial charge in [0.2, 0.25) is 0 Å². The summed E-state index contributed by atoms with van der Waals surface area (Å²) >= 11 is 0. The maximum absolute atomic E-state index is 15.1. The fraction of sp³-hybridized carbons (Fsp3) is 0.222. The Morgan fingerprint density at radius 1 is 0.469 bits per heavy atom. The lowest BCUT2D eigenvalue weighted by Crippen LogP contribution is -2.16. The van der Waals surface area contributed by atoms with Gasteiger partial charge in [0.25, 0.3) is 0 Å². The molecule has 0 N–H and O–H groups in total. The molecular formula is C54H48F3N5O2. The number of anilines is 3. The molecule has 0 saturated heterocycles. The lowest BCUT2D eigenvalue weighted by atomic mass is 9.86. The maximum atomic E-state index is 15.1. The number of alkyl halides is 3. The first-order valence-electron chi connectivity index (χ1n) is 21.2.